The monoisotopic (exact) mass is 927 g/mol. The molecule has 6 heteroatoms. The van der Waals surface area contributed by atoms with Crippen LogP contribution in [0.3, 0.4) is 0 Å². The number of hydrogen-bond donors (Lipinski definition) is 0. The van der Waals surface area contributed by atoms with Crippen LogP contribution in [0.5, 0.6) is 0 Å². The topological polar surface area (TPSA) is 78.9 Å². The van der Waals surface area contributed by atoms with Crippen LogP contribution in [0.15, 0.2) is 122 Å². The molecule has 0 bridgehead atoms. The normalized spacial score (nSPS) is 13.1. The molecule has 0 radical (unpaired) electrons. The molecule has 67 heavy (non-hydrogen) atoms. The van der Waals surface area contributed by atoms with E-state index >= 15 is 0 Å². The molecule has 0 rings (SSSR count). The maximum atomic E-state index is 12.8. The van der Waals surface area contributed by atoms with Crippen LogP contribution in [0.2, 0.25) is 0 Å². The fraction of sp³-hybridized carbons (Fsp3) is 0.623. The summed E-state index contributed by atoms with van der Waals surface area (Å²) < 4.78 is 16.7. The number of allylic oxidation sites excluding steroid dienone is 20. The molecule has 0 aliphatic heterocycles. The number of carbonyl (C=O) groups excluding carboxylic acids is 3. The van der Waals surface area contributed by atoms with Gasteiger partial charge in [-0.2, -0.15) is 0 Å². The highest BCUT2D eigenvalue weighted by molar-refractivity contribution is 5.71. The van der Waals surface area contributed by atoms with E-state index in [1.165, 1.54) is 89.9 Å². The third kappa shape index (κ3) is 52.6. The van der Waals surface area contributed by atoms with Crippen LogP contribution in [-0.4, -0.2) is 37.2 Å². The second-order valence-corrected chi connectivity index (χ2v) is 17.4. The van der Waals surface area contributed by atoms with E-state index in [1.54, 1.807) is 0 Å². The Hall–Kier alpha value is -4.19. The zero-order chi connectivity index (χ0) is 48.6. The van der Waals surface area contributed by atoms with Gasteiger partial charge >= 0.3 is 17.9 Å². The first-order chi connectivity index (χ1) is 33.0. The SMILES string of the molecule is CC/C=C\C/C=C\C/C=C\C/C=C\C/C=C\C/C=C\CCC(=O)OC[C@@H](COC(=O)CCCCCCCCCCCCCCC)OC(=O)CCC/C=C\C/C=C\C/C=C\C/C=C\CCCCC. The molecule has 0 unspecified atom stereocenters. The molecule has 6 nitrogen and oxygen atoms in total. The van der Waals surface area contributed by atoms with Crippen molar-refractivity contribution in [2.24, 2.45) is 0 Å². The Labute approximate surface area is 412 Å². The fourth-order valence-corrected chi connectivity index (χ4v) is 6.93. The van der Waals surface area contributed by atoms with Crippen molar-refractivity contribution in [1.82, 2.24) is 0 Å². The summed E-state index contributed by atoms with van der Waals surface area (Å²) in [6, 6.07) is 0. The smallest absolute Gasteiger partial charge is 0.306 e. The molecule has 0 aliphatic rings. The Morgan fingerprint density at radius 2 is 0.627 bits per heavy atom. The molecule has 0 heterocycles. The minimum Gasteiger partial charge on any atom is -0.462 e. The van der Waals surface area contributed by atoms with Crippen molar-refractivity contribution in [2.45, 2.75) is 232 Å². The number of ether oxygens (including phenoxy) is 3. The molecule has 0 fully saturated rings. The third-order valence-electron chi connectivity index (χ3n) is 11.0. The quantitative estimate of drug-likeness (QED) is 0.0262. The zero-order valence-corrected chi connectivity index (χ0v) is 43.1. The van der Waals surface area contributed by atoms with Gasteiger partial charge in [0.1, 0.15) is 13.2 Å². The van der Waals surface area contributed by atoms with E-state index < -0.39 is 6.10 Å². The van der Waals surface area contributed by atoms with Crippen molar-refractivity contribution in [3.05, 3.63) is 122 Å². The lowest BCUT2D eigenvalue weighted by atomic mass is 10.0. The molecule has 0 aromatic carbocycles. The summed E-state index contributed by atoms with van der Waals surface area (Å²) >= 11 is 0. The molecule has 378 valence electrons. The lowest BCUT2D eigenvalue weighted by molar-refractivity contribution is -0.166. The van der Waals surface area contributed by atoms with Gasteiger partial charge in [-0.15, -0.1) is 0 Å². The van der Waals surface area contributed by atoms with Gasteiger partial charge in [0.15, 0.2) is 6.10 Å². The Kier molecular flexibility index (Phi) is 51.0. The van der Waals surface area contributed by atoms with Crippen molar-refractivity contribution < 1.29 is 28.6 Å². The van der Waals surface area contributed by atoms with Gasteiger partial charge in [-0.25, -0.2) is 0 Å². The van der Waals surface area contributed by atoms with E-state index in [0.29, 0.717) is 19.3 Å². The molecular weight excluding hydrogens is 829 g/mol. The van der Waals surface area contributed by atoms with Crippen molar-refractivity contribution in [3.8, 4) is 0 Å². The van der Waals surface area contributed by atoms with Crippen LogP contribution >= 0.6 is 0 Å². The molecule has 0 amide bonds. The summed E-state index contributed by atoms with van der Waals surface area (Å²) in [4.78, 5) is 38.0. The molecule has 1 atom stereocenters. The van der Waals surface area contributed by atoms with E-state index in [4.69, 9.17) is 14.2 Å². The predicted octanol–water partition coefficient (Wildman–Crippen LogP) is 18.1. The zero-order valence-electron chi connectivity index (χ0n) is 43.1. The van der Waals surface area contributed by atoms with E-state index in [-0.39, 0.29) is 44.0 Å². The van der Waals surface area contributed by atoms with E-state index in [9.17, 15) is 14.4 Å². The second-order valence-electron chi connectivity index (χ2n) is 17.4. The lowest BCUT2D eigenvalue weighted by Gasteiger charge is -2.18. The Balaban J connectivity index is 4.60. The van der Waals surface area contributed by atoms with Gasteiger partial charge in [0.05, 0.1) is 0 Å². The first-order valence-electron chi connectivity index (χ1n) is 27.0. The van der Waals surface area contributed by atoms with Gasteiger partial charge in [0.2, 0.25) is 0 Å². The number of hydrogen-bond acceptors (Lipinski definition) is 6. The van der Waals surface area contributed by atoms with Gasteiger partial charge in [0.25, 0.3) is 0 Å². The van der Waals surface area contributed by atoms with Crippen molar-refractivity contribution in [1.29, 1.82) is 0 Å². The van der Waals surface area contributed by atoms with Crippen molar-refractivity contribution in [3.63, 3.8) is 0 Å². The number of esters is 3. The van der Waals surface area contributed by atoms with Gasteiger partial charge in [-0.1, -0.05) is 232 Å². The van der Waals surface area contributed by atoms with Crippen molar-refractivity contribution in [2.75, 3.05) is 13.2 Å². The lowest BCUT2D eigenvalue weighted by Crippen LogP contribution is -2.30. The Morgan fingerprint density at radius 3 is 1.04 bits per heavy atom. The maximum absolute atomic E-state index is 12.8. The first kappa shape index (κ1) is 62.8. The fourth-order valence-electron chi connectivity index (χ4n) is 6.93. The van der Waals surface area contributed by atoms with Crippen LogP contribution < -0.4 is 0 Å². The first-order valence-corrected chi connectivity index (χ1v) is 27.0. The summed E-state index contributed by atoms with van der Waals surface area (Å²) in [6.07, 6.45) is 74.8. The largest absolute Gasteiger partial charge is 0.462 e. The average Bonchev–Trinajstić information content (AvgIpc) is 3.33. The average molecular weight is 927 g/mol. The molecule has 0 spiro atoms. The van der Waals surface area contributed by atoms with Crippen LogP contribution in [0.25, 0.3) is 0 Å². The van der Waals surface area contributed by atoms with E-state index in [1.807, 2.05) is 12.2 Å². The standard InChI is InChI=1S/C61H98O6/c1-4-7-10-13-16-19-22-25-27-29-30-32-33-36-39-42-45-48-51-54-60(63)66-57-58(56-65-59(62)53-50-47-44-41-38-35-24-21-18-15-12-9-6-3)67-61(64)55-52-49-46-43-40-37-34-31-28-26-23-20-17-14-11-8-5-2/h7,10,16-17,19-20,25-28,30,32,34,36-37,39,43,45-46,48,58H,4-6,8-9,11-15,18,21-24,29,31,33,35,38,40-42,44,47,49-57H2,1-3H3/b10-7-,19-16-,20-17-,27-25-,28-26-,32-30-,37-34-,39-36-,46-43-,48-45-/t58-/m1/s1. The molecule has 0 saturated carbocycles. The summed E-state index contributed by atoms with van der Waals surface area (Å²) in [5.41, 5.74) is 0. The second kappa shape index (κ2) is 54.4. The summed E-state index contributed by atoms with van der Waals surface area (Å²) in [7, 11) is 0. The van der Waals surface area contributed by atoms with Gasteiger partial charge in [-0.3, -0.25) is 14.4 Å². The van der Waals surface area contributed by atoms with E-state index in [2.05, 4.69) is 130 Å². The number of rotatable bonds is 47. The minimum atomic E-state index is -0.838. The van der Waals surface area contributed by atoms with Crippen LogP contribution in [0, 0.1) is 0 Å². The van der Waals surface area contributed by atoms with Crippen LogP contribution in [0.1, 0.15) is 226 Å². The number of unbranched alkanes of at least 4 members (excludes halogenated alkanes) is 16. The third-order valence-corrected chi connectivity index (χ3v) is 11.0. The van der Waals surface area contributed by atoms with Gasteiger partial charge in [-0.05, 0) is 96.3 Å². The molecular formula is C61H98O6. The molecule has 0 N–H and O–H groups in total. The number of carbonyl (C=O) groups is 3. The molecule has 0 aromatic heterocycles. The molecule has 0 aliphatic carbocycles. The molecule has 0 saturated heterocycles. The van der Waals surface area contributed by atoms with Crippen LogP contribution in [0.4, 0.5) is 0 Å². The maximum Gasteiger partial charge on any atom is 0.306 e. The summed E-state index contributed by atoms with van der Waals surface area (Å²) in [6.45, 7) is 6.37. The van der Waals surface area contributed by atoms with Crippen molar-refractivity contribution >= 4 is 17.9 Å². The Bertz CT molecular complexity index is 1440. The van der Waals surface area contributed by atoms with Gasteiger partial charge in [0, 0.05) is 19.3 Å². The predicted molar refractivity (Wildman–Crippen MR) is 288 cm³/mol. The van der Waals surface area contributed by atoms with Gasteiger partial charge < -0.3 is 14.2 Å². The molecule has 0 aromatic rings. The van der Waals surface area contributed by atoms with Crippen LogP contribution in [-0.2, 0) is 28.6 Å². The highest BCUT2D eigenvalue weighted by Gasteiger charge is 2.19. The highest BCUT2D eigenvalue weighted by atomic mass is 16.6. The highest BCUT2D eigenvalue weighted by Crippen LogP contribution is 2.14. The van der Waals surface area contributed by atoms with E-state index in [0.717, 1.165) is 83.5 Å². The minimum absolute atomic E-state index is 0.124. The summed E-state index contributed by atoms with van der Waals surface area (Å²) in [5.74, 6) is -1.07. The Morgan fingerprint density at radius 1 is 0.313 bits per heavy atom. The summed E-state index contributed by atoms with van der Waals surface area (Å²) in [5, 5.41) is 0.